The molecule has 196 valence electrons. The van der Waals surface area contributed by atoms with Crippen LogP contribution in [0.5, 0.6) is 11.5 Å². The zero-order valence-corrected chi connectivity index (χ0v) is 21.5. The minimum atomic E-state index is -0.837. The van der Waals surface area contributed by atoms with Crippen molar-refractivity contribution in [2.45, 2.75) is 39.4 Å². The summed E-state index contributed by atoms with van der Waals surface area (Å²) >= 11 is 0. The highest BCUT2D eigenvalue weighted by molar-refractivity contribution is 5.89. The molecule has 3 aromatic carbocycles. The molecule has 0 aliphatic carbocycles. The minimum Gasteiger partial charge on any atom is -0.454 e. The molecule has 1 atom stereocenters. The lowest BCUT2D eigenvalue weighted by Crippen LogP contribution is -2.45. The van der Waals surface area contributed by atoms with E-state index in [4.69, 9.17) is 9.47 Å². The van der Waals surface area contributed by atoms with Crippen molar-refractivity contribution in [1.29, 1.82) is 0 Å². The Balaban J connectivity index is 1.50. The predicted molar refractivity (Wildman–Crippen MR) is 142 cm³/mol. The van der Waals surface area contributed by atoms with Gasteiger partial charge in [0.05, 0.1) is 5.52 Å². The third-order valence-electron chi connectivity index (χ3n) is 6.51. The Kier molecular flexibility index (Phi) is 7.53. The van der Waals surface area contributed by atoms with Crippen molar-refractivity contribution in [1.82, 2.24) is 25.2 Å². The second-order valence-corrected chi connectivity index (χ2v) is 9.73. The number of fused-ring (bicyclic) bond motifs is 2. The molecule has 0 unspecified atom stereocenters. The summed E-state index contributed by atoms with van der Waals surface area (Å²) in [7, 11) is 0. The lowest BCUT2D eigenvalue weighted by Gasteiger charge is -2.32. The van der Waals surface area contributed by atoms with Crippen LogP contribution < -0.4 is 14.8 Å². The number of carbonyl (C=O) groups is 2. The van der Waals surface area contributed by atoms with Crippen LogP contribution >= 0.6 is 0 Å². The summed E-state index contributed by atoms with van der Waals surface area (Å²) in [4.78, 5) is 29.3. The molecule has 9 heteroatoms. The fourth-order valence-corrected chi connectivity index (χ4v) is 4.50. The topological polar surface area (TPSA) is 98.6 Å². The number of amides is 2. The molecule has 0 radical (unpaired) electrons. The highest BCUT2D eigenvalue weighted by Crippen LogP contribution is 2.34. The molecule has 1 N–H and O–H groups in total. The van der Waals surface area contributed by atoms with Crippen molar-refractivity contribution in [3.8, 4) is 11.5 Å². The second kappa shape index (κ2) is 11.3. The van der Waals surface area contributed by atoms with Gasteiger partial charge in [0.25, 0.3) is 0 Å². The van der Waals surface area contributed by atoms with Crippen LogP contribution in [0.15, 0.2) is 72.8 Å². The average Bonchev–Trinajstić information content (AvgIpc) is 3.55. The van der Waals surface area contributed by atoms with Gasteiger partial charge in [-0.2, -0.15) is 0 Å². The summed E-state index contributed by atoms with van der Waals surface area (Å²) in [6, 6.07) is 21.6. The van der Waals surface area contributed by atoms with Gasteiger partial charge < -0.3 is 19.7 Å². The molecule has 5 rings (SSSR count). The van der Waals surface area contributed by atoms with Crippen molar-refractivity contribution in [3.05, 3.63) is 83.9 Å². The van der Waals surface area contributed by atoms with E-state index < -0.39 is 6.04 Å². The van der Waals surface area contributed by atoms with Crippen LogP contribution in [0.1, 0.15) is 37.4 Å². The Hall–Kier alpha value is -4.40. The largest absolute Gasteiger partial charge is 0.454 e. The Morgan fingerprint density at radius 1 is 1.00 bits per heavy atom. The highest BCUT2D eigenvalue weighted by atomic mass is 16.7. The van der Waals surface area contributed by atoms with E-state index in [2.05, 4.69) is 29.5 Å². The van der Waals surface area contributed by atoms with Crippen LogP contribution in [0.25, 0.3) is 11.0 Å². The molecule has 1 aliphatic rings. The summed E-state index contributed by atoms with van der Waals surface area (Å²) in [6.45, 7) is 5.04. The molecule has 0 saturated heterocycles. The molecule has 0 fully saturated rings. The fourth-order valence-electron chi connectivity index (χ4n) is 4.50. The third-order valence-corrected chi connectivity index (χ3v) is 6.51. The quantitative estimate of drug-likeness (QED) is 0.343. The van der Waals surface area contributed by atoms with E-state index in [1.807, 2.05) is 72.8 Å². The SMILES string of the molecule is CC(C)CCNC(=O)[C@@H](c1ccccc1)N(Cc1ccc2c(c1)OCO2)C(=O)Cn1nnc2ccccc21. The summed E-state index contributed by atoms with van der Waals surface area (Å²) in [6.07, 6.45) is 0.842. The zero-order valence-electron chi connectivity index (χ0n) is 21.5. The maximum absolute atomic E-state index is 14.0. The number of nitrogens with one attached hydrogen (secondary N) is 1. The van der Waals surface area contributed by atoms with Crippen LogP contribution in [0.4, 0.5) is 0 Å². The smallest absolute Gasteiger partial charge is 0.247 e. The summed E-state index contributed by atoms with van der Waals surface area (Å²) in [5, 5.41) is 11.4. The van der Waals surface area contributed by atoms with E-state index in [1.165, 1.54) is 0 Å². The number of hydrogen-bond acceptors (Lipinski definition) is 6. The molecular weight excluding hydrogens is 482 g/mol. The van der Waals surface area contributed by atoms with Gasteiger partial charge in [-0.15, -0.1) is 5.10 Å². The Bertz CT molecular complexity index is 1420. The minimum absolute atomic E-state index is 0.0618. The van der Waals surface area contributed by atoms with Crippen LogP contribution in [-0.4, -0.2) is 45.0 Å². The van der Waals surface area contributed by atoms with Gasteiger partial charge in [-0.1, -0.05) is 67.6 Å². The maximum atomic E-state index is 14.0. The molecular formula is C29H31N5O4. The summed E-state index contributed by atoms with van der Waals surface area (Å²) in [5.74, 6) is 1.24. The third kappa shape index (κ3) is 5.61. The van der Waals surface area contributed by atoms with Crippen LogP contribution in [-0.2, 0) is 22.7 Å². The van der Waals surface area contributed by atoms with Gasteiger partial charge in [0.15, 0.2) is 11.5 Å². The van der Waals surface area contributed by atoms with Crippen LogP contribution in [0.3, 0.4) is 0 Å². The number of benzene rings is 3. The van der Waals surface area contributed by atoms with Gasteiger partial charge in [0.2, 0.25) is 18.6 Å². The lowest BCUT2D eigenvalue weighted by molar-refractivity contribution is -0.142. The van der Waals surface area contributed by atoms with Gasteiger partial charge in [0.1, 0.15) is 18.1 Å². The highest BCUT2D eigenvalue weighted by Gasteiger charge is 2.32. The first kappa shape index (κ1) is 25.3. The first-order chi connectivity index (χ1) is 18.5. The number of aromatic nitrogens is 3. The molecule has 2 heterocycles. The molecule has 4 aromatic rings. The molecule has 9 nitrogen and oxygen atoms in total. The first-order valence-corrected chi connectivity index (χ1v) is 12.8. The molecule has 0 bridgehead atoms. The summed E-state index contributed by atoms with van der Waals surface area (Å²) in [5.41, 5.74) is 3.00. The van der Waals surface area contributed by atoms with Gasteiger partial charge in [-0.05, 0) is 47.7 Å². The number of para-hydroxylation sites is 1. The number of nitrogens with zero attached hydrogens (tertiary/aromatic N) is 4. The van der Waals surface area contributed by atoms with Gasteiger partial charge >= 0.3 is 0 Å². The molecule has 2 amide bonds. The molecule has 1 aromatic heterocycles. The van der Waals surface area contributed by atoms with E-state index in [-0.39, 0.29) is 31.7 Å². The van der Waals surface area contributed by atoms with Crippen molar-refractivity contribution in [2.24, 2.45) is 5.92 Å². The lowest BCUT2D eigenvalue weighted by atomic mass is 10.0. The average molecular weight is 514 g/mol. The van der Waals surface area contributed by atoms with Gasteiger partial charge in [0, 0.05) is 13.1 Å². The maximum Gasteiger partial charge on any atom is 0.247 e. The second-order valence-electron chi connectivity index (χ2n) is 9.73. The molecule has 38 heavy (non-hydrogen) atoms. The van der Waals surface area contributed by atoms with Crippen molar-refractivity contribution < 1.29 is 19.1 Å². The van der Waals surface area contributed by atoms with E-state index in [0.29, 0.717) is 29.5 Å². The number of ether oxygens (including phenoxy) is 2. The number of carbonyl (C=O) groups excluding carboxylic acids is 2. The van der Waals surface area contributed by atoms with E-state index in [9.17, 15) is 9.59 Å². The van der Waals surface area contributed by atoms with Crippen LogP contribution in [0, 0.1) is 5.92 Å². The standard InChI is InChI=1S/C29H31N5O4/c1-20(2)14-15-30-29(36)28(22-8-4-3-5-9-22)33(17-21-12-13-25-26(16-21)38-19-37-25)27(35)18-34-24-11-7-6-10-23(24)31-32-34/h3-13,16,20,28H,14-15,17-19H2,1-2H3,(H,30,36)/t28-/m1/s1. The fraction of sp³-hybridized carbons (Fsp3) is 0.310. The van der Waals surface area contributed by atoms with E-state index in [1.54, 1.807) is 9.58 Å². The van der Waals surface area contributed by atoms with Crippen LogP contribution in [0.2, 0.25) is 0 Å². The Morgan fingerprint density at radius 2 is 1.76 bits per heavy atom. The number of rotatable bonds is 10. The Morgan fingerprint density at radius 3 is 2.58 bits per heavy atom. The predicted octanol–water partition coefficient (Wildman–Crippen LogP) is 4.09. The van der Waals surface area contributed by atoms with Crippen molar-refractivity contribution >= 4 is 22.8 Å². The first-order valence-electron chi connectivity index (χ1n) is 12.8. The van der Waals surface area contributed by atoms with Gasteiger partial charge in [-0.3, -0.25) is 9.59 Å². The summed E-state index contributed by atoms with van der Waals surface area (Å²) < 4.78 is 12.6. The monoisotopic (exact) mass is 513 g/mol. The van der Waals surface area contributed by atoms with E-state index in [0.717, 1.165) is 23.1 Å². The number of hydrogen-bond donors (Lipinski definition) is 1. The van der Waals surface area contributed by atoms with E-state index >= 15 is 0 Å². The molecule has 0 spiro atoms. The van der Waals surface area contributed by atoms with Crippen molar-refractivity contribution in [3.63, 3.8) is 0 Å². The Labute approximate surface area is 221 Å². The van der Waals surface area contributed by atoms with Gasteiger partial charge in [-0.25, -0.2) is 4.68 Å². The molecule has 1 aliphatic heterocycles. The zero-order chi connectivity index (χ0) is 26.5. The molecule has 0 saturated carbocycles. The van der Waals surface area contributed by atoms with Crippen molar-refractivity contribution in [2.75, 3.05) is 13.3 Å². The normalized spacial score (nSPS) is 13.0.